The van der Waals surface area contributed by atoms with Crippen molar-refractivity contribution in [2.75, 3.05) is 12.4 Å². The largest absolute Gasteiger partial charge is 0.496 e. The van der Waals surface area contributed by atoms with E-state index in [1.807, 2.05) is 25.1 Å². The van der Waals surface area contributed by atoms with Crippen molar-refractivity contribution in [3.63, 3.8) is 0 Å². The lowest BCUT2D eigenvalue weighted by Gasteiger charge is -2.15. The van der Waals surface area contributed by atoms with E-state index in [1.54, 1.807) is 38.3 Å². The van der Waals surface area contributed by atoms with Crippen LogP contribution in [-0.2, 0) is 20.7 Å². The van der Waals surface area contributed by atoms with Crippen LogP contribution in [-0.4, -0.2) is 25.1 Å². The van der Waals surface area contributed by atoms with E-state index >= 15 is 0 Å². The number of halogens is 1. The number of rotatable bonds is 6. The topological polar surface area (TPSA) is 64.6 Å². The minimum Gasteiger partial charge on any atom is -0.496 e. The van der Waals surface area contributed by atoms with Crippen LogP contribution in [0.1, 0.15) is 18.1 Å². The molecule has 0 aliphatic rings. The maximum absolute atomic E-state index is 12.2. The van der Waals surface area contributed by atoms with Gasteiger partial charge in [0.2, 0.25) is 0 Å². The Morgan fingerprint density at radius 3 is 2.64 bits per heavy atom. The van der Waals surface area contributed by atoms with Crippen LogP contribution in [0.25, 0.3) is 0 Å². The summed E-state index contributed by atoms with van der Waals surface area (Å²) >= 11 is 3.34. The number of ether oxygens (including phenoxy) is 2. The standard InChI is InChI=1S/C19H20BrNO4/c1-12-7-8-17(24-3)14(9-12)10-18(22)25-13(2)19(23)21-16-6-4-5-15(20)11-16/h4-9,11,13H,10H2,1-3H3,(H,21,23)/t13-/m0/s1. The maximum Gasteiger partial charge on any atom is 0.311 e. The first kappa shape index (κ1) is 19.0. The Morgan fingerprint density at radius 2 is 1.96 bits per heavy atom. The smallest absolute Gasteiger partial charge is 0.311 e. The molecule has 25 heavy (non-hydrogen) atoms. The first-order valence-corrected chi connectivity index (χ1v) is 8.57. The molecule has 0 heterocycles. The van der Waals surface area contributed by atoms with E-state index in [9.17, 15) is 9.59 Å². The Kier molecular flexibility index (Phi) is 6.58. The third-order valence-electron chi connectivity index (χ3n) is 3.54. The highest BCUT2D eigenvalue weighted by molar-refractivity contribution is 9.10. The van der Waals surface area contributed by atoms with E-state index in [1.165, 1.54) is 0 Å². The molecule has 0 aromatic heterocycles. The van der Waals surface area contributed by atoms with Gasteiger partial charge in [0, 0.05) is 15.7 Å². The lowest BCUT2D eigenvalue weighted by Crippen LogP contribution is -2.30. The summed E-state index contributed by atoms with van der Waals surface area (Å²) in [6.45, 7) is 3.47. The molecule has 2 aromatic rings. The Labute approximate surface area is 155 Å². The number of carbonyl (C=O) groups is 2. The summed E-state index contributed by atoms with van der Waals surface area (Å²) in [5.74, 6) is -0.253. The highest BCUT2D eigenvalue weighted by Gasteiger charge is 2.19. The van der Waals surface area contributed by atoms with Gasteiger partial charge in [-0.25, -0.2) is 0 Å². The quantitative estimate of drug-likeness (QED) is 0.740. The third kappa shape index (κ3) is 5.60. The molecule has 132 valence electrons. The van der Waals surface area contributed by atoms with Crippen molar-refractivity contribution in [3.05, 3.63) is 58.1 Å². The van der Waals surface area contributed by atoms with E-state index in [0.717, 1.165) is 15.6 Å². The molecule has 0 saturated heterocycles. The molecule has 0 aliphatic carbocycles. The minimum atomic E-state index is -0.901. The summed E-state index contributed by atoms with van der Waals surface area (Å²) in [7, 11) is 1.55. The predicted molar refractivity (Wildman–Crippen MR) is 99.8 cm³/mol. The molecule has 0 radical (unpaired) electrons. The number of amides is 1. The number of benzene rings is 2. The molecule has 1 amide bonds. The monoisotopic (exact) mass is 405 g/mol. The van der Waals surface area contributed by atoms with Crippen LogP contribution in [0.4, 0.5) is 5.69 Å². The molecule has 0 bridgehead atoms. The zero-order chi connectivity index (χ0) is 18.4. The fourth-order valence-electron chi connectivity index (χ4n) is 2.30. The van der Waals surface area contributed by atoms with Crippen LogP contribution in [0.15, 0.2) is 46.9 Å². The summed E-state index contributed by atoms with van der Waals surface area (Å²) < 4.78 is 11.3. The fourth-order valence-corrected chi connectivity index (χ4v) is 2.70. The van der Waals surface area contributed by atoms with E-state index in [2.05, 4.69) is 21.2 Å². The zero-order valence-corrected chi connectivity index (χ0v) is 15.9. The van der Waals surface area contributed by atoms with E-state index in [0.29, 0.717) is 11.4 Å². The van der Waals surface area contributed by atoms with Gasteiger partial charge in [0.1, 0.15) is 5.75 Å². The number of hydrogen-bond acceptors (Lipinski definition) is 4. The number of carbonyl (C=O) groups excluding carboxylic acids is 2. The summed E-state index contributed by atoms with van der Waals surface area (Å²) in [4.78, 5) is 24.3. The van der Waals surface area contributed by atoms with Gasteiger partial charge in [0.05, 0.1) is 13.5 Å². The molecule has 5 nitrogen and oxygen atoms in total. The van der Waals surface area contributed by atoms with Gasteiger partial charge < -0.3 is 14.8 Å². The van der Waals surface area contributed by atoms with Gasteiger partial charge in [-0.2, -0.15) is 0 Å². The van der Waals surface area contributed by atoms with E-state index in [-0.39, 0.29) is 12.3 Å². The van der Waals surface area contributed by atoms with Crippen molar-refractivity contribution < 1.29 is 19.1 Å². The van der Waals surface area contributed by atoms with Crippen molar-refractivity contribution in [3.8, 4) is 5.75 Å². The van der Waals surface area contributed by atoms with Gasteiger partial charge in [-0.1, -0.05) is 39.7 Å². The van der Waals surface area contributed by atoms with Crippen LogP contribution in [0.2, 0.25) is 0 Å². The highest BCUT2D eigenvalue weighted by Crippen LogP contribution is 2.21. The van der Waals surface area contributed by atoms with Gasteiger partial charge in [0.15, 0.2) is 6.10 Å². The Balaban J connectivity index is 1.95. The second-order valence-electron chi connectivity index (χ2n) is 5.62. The lowest BCUT2D eigenvalue weighted by atomic mass is 10.1. The minimum absolute atomic E-state index is 0.0410. The molecule has 1 N–H and O–H groups in total. The van der Waals surface area contributed by atoms with Crippen LogP contribution in [0, 0.1) is 6.92 Å². The second kappa shape index (κ2) is 8.67. The number of aryl methyl sites for hydroxylation is 1. The van der Waals surface area contributed by atoms with Gasteiger partial charge in [0.25, 0.3) is 5.91 Å². The molecule has 0 fully saturated rings. The van der Waals surface area contributed by atoms with Crippen molar-refractivity contribution in [2.24, 2.45) is 0 Å². The first-order valence-electron chi connectivity index (χ1n) is 7.78. The van der Waals surface area contributed by atoms with Gasteiger partial charge in [-0.15, -0.1) is 0 Å². The molecule has 1 atom stereocenters. The molecule has 0 aliphatic heterocycles. The molecule has 6 heteroatoms. The van der Waals surface area contributed by atoms with E-state index in [4.69, 9.17) is 9.47 Å². The van der Waals surface area contributed by atoms with E-state index < -0.39 is 12.1 Å². The normalized spacial score (nSPS) is 11.5. The average molecular weight is 406 g/mol. The van der Waals surface area contributed by atoms with Crippen LogP contribution < -0.4 is 10.1 Å². The zero-order valence-electron chi connectivity index (χ0n) is 14.3. The number of nitrogens with one attached hydrogen (secondary N) is 1. The summed E-state index contributed by atoms with van der Waals surface area (Å²) in [5.41, 5.74) is 2.37. The van der Waals surface area contributed by atoms with Crippen molar-refractivity contribution >= 4 is 33.5 Å². The number of methoxy groups -OCH3 is 1. The Bertz CT molecular complexity index is 776. The Hall–Kier alpha value is -2.34. The lowest BCUT2D eigenvalue weighted by molar-refractivity contribution is -0.152. The molecular formula is C19H20BrNO4. The molecule has 0 saturated carbocycles. The van der Waals surface area contributed by atoms with Gasteiger partial charge in [-0.3, -0.25) is 9.59 Å². The summed E-state index contributed by atoms with van der Waals surface area (Å²) in [6.07, 6.45) is -0.860. The van der Waals surface area contributed by atoms with Crippen LogP contribution in [0.3, 0.4) is 0 Å². The van der Waals surface area contributed by atoms with Crippen molar-refractivity contribution in [1.29, 1.82) is 0 Å². The van der Waals surface area contributed by atoms with Gasteiger partial charge in [-0.05, 0) is 38.1 Å². The maximum atomic E-state index is 12.2. The van der Waals surface area contributed by atoms with Crippen LogP contribution in [0.5, 0.6) is 5.75 Å². The SMILES string of the molecule is COc1ccc(C)cc1CC(=O)O[C@@H](C)C(=O)Nc1cccc(Br)c1. The average Bonchev–Trinajstić information content (AvgIpc) is 2.55. The molecule has 2 rings (SSSR count). The predicted octanol–water partition coefficient (Wildman–Crippen LogP) is 3.88. The molecule has 0 spiro atoms. The molecule has 2 aromatic carbocycles. The number of hydrogen-bond donors (Lipinski definition) is 1. The Morgan fingerprint density at radius 1 is 1.20 bits per heavy atom. The highest BCUT2D eigenvalue weighted by atomic mass is 79.9. The third-order valence-corrected chi connectivity index (χ3v) is 4.03. The summed E-state index contributed by atoms with van der Waals surface area (Å²) in [6, 6.07) is 12.8. The van der Waals surface area contributed by atoms with Crippen LogP contribution >= 0.6 is 15.9 Å². The second-order valence-corrected chi connectivity index (χ2v) is 6.54. The number of esters is 1. The number of anilines is 1. The fraction of sp³-hybridized carbons (Fsp3) is 0.263. The van der Waals surface area contributed by atoms with Crippen molar-refractivity contribution in [1.82, 2.24) is 0 Å². The van der Waals surface area contributed by atoms with Gasteiger partial charge >= 0.3 is 5.97 Å². The molecular weight excluding hydrogens is 386 g/mol. The molecule has 0 unspecified atom stereocenters. The summed E-state index contributed by atoms with van der Waals surface area (Å²) in [5, 5.41) is 2.71. The van der Waals surface area contributed by atoms with Crippen molar-refractivity contribution in [2.45, 2.75) is 26.4 Å². The first-order chi connectivity index (χ1) is 11.9.